The van der Waals surface area contributed by atoms with Crippen LogP contribution >= 0.6 is 0 Å². The van der Waals surface area contributed by atoms with Crippen LogP contribution in [0.3, 0.4) is 0 Å². The highest BCUT2D eigenvalue weighted by Crippen LogP contribution is 2.35. The van der Waals surface area contributed by atoms with Crippen molar-refractivity contribution in [1.29, 1.82) is 0 Å². The Morgan fingerprint density at radius 3 is 0.754 bits per heavy atom. The van der Waals surface area contributed by atoms with Gasteiger partial charge in [0.15, 0.2) is 0 Å². The molecule has 2 aliphatic heterocycles. The summed E-state index contributed by atoms with van der Waals surface area (Å²) in [5.74, 6) is 0.848. The number of anilines is 3. The first-order valence-corrected chi connectivity index (χ1v) is 45.7. The maximum atomic E-state index is 5.57. The molecule has 0 N–H and O–H groups in total. The van der Waals surface area contributed by atoms with Gasteiger partial charge in [0, 0.05) is 56.3 Å². The molecule has 0 bridgehead atoms. The van der Waals surface area contributed by atoms with Gasteiger partial charge in [0.1, 0.15) is 5.75 Å². The number of benzene rings is 13. The van der Waals surface area contributed by atoms with E-state index in [0.717, 1.165) is 191 Å². The monoisotopic (exact) mass is 1730 g/mol. The zero-order chi connectivity index (χ0) is 90.5. The molecule has 22 heteroatoms. The van der Waals surface area contributed by atoms with Gasteiger partial charge >= 0.3 is 0 Å². The molecule has 0 aromatic heterocycles. The van der Waals surface area contributed by atoms with Crippen molar-refractivity contribution in [3.8, 4) is 5.75 Å². The molecule has 2 fully saturated rings. The minimum absolute atomic E-state index is 0.717. The molecule has 662 valence electrons. The summed E-state index contributed by atoms with van der Waals surface area (Å²) < 4.78 is 5.57. The fraction of sp³-hybridized carbons (Fsp3) is 0.278. The summed E-state index contributed by atoms with van der Waals surface area (Å²) in [6.07, 6.45) is 16.7. The number of aryl methyl sites for hydroxylation is 6. The molecule has 130 heavy (non-hydrogen) atoms. The highest BCUT2D eigenvalue weighted by Gasteiger charge is 2.15. The molecule has 13 aromatic rings. The van der Waals surface area contributed by atoms with E-state index in [9.17, 15) is 0 Å². The van der Waals surface area contributed by atoms with Gasteiger partial charge in [-0.2, -0.15) is 92.1 Å². The van der Waals surface area contributed by atoms with Gasteiger partial charge in [0.2, 0.25) is 0 Å². The van der Waals surface area contributed by atoms with Crippen molar-refractivity contribution in [1.82, 2.24) is 0 Å². The van der Waals surface area contributed by atoms with Crippen LogP contribution in [0.1, 0.15) is 146 Å². The van der Waals surface area contributed by atoms with Crippen LogP contribution in [-0.2, 0) is 19.3 Å². The van der Waals surface area contributed by atoms with Crippen LogP contribution < -0.4 is 19.4 Å². The highest BCUT2D eigenvalue weighted by atomic mass is 16.5. The minimum atomic E-state index is 0.717. The molecule has 2 saturated heterocycles. The first-order chi connectivity index (χ1) is 63.8. The van der Waals surface area contributed by atoms with Gasteiger partial charge in [-0.1, -0.05) is 101 Å². The Hall–Kier alpha value is -14.5. The van der Waals surface area contributed by atoms with E-state index in [-0.39, 0.29) is 0 Å². The Bertz CT molecular complexity index is 5760. The molecule has 0 unspecified atom stereocenters. The number of hydrogen-bond donors (Lipinski definition) is 0. The summed E-state index contributed by atoms with van der Waals surface area (Å²) in [4.78, 5) is 7.14. The standard InChI is InChI=1S/C33H35N7.C26H29N5.C25H28N4O.C24H27N5/c1-3-4-7-26-8-10-27(11-9-26)34-35-28-12-14-29(15-13-28)37-39-33-21-18-31(24-25(33)2)38-36-30-16-19-32(20-17-30)40-22-5-6-23-40;1-2-3-6-21-7-9-22(10-8-21)27-28-23-11-13-24(14-12-23)29-30-25-15-17-26(18-16-25)31-19-4-5-20-31;1-3-5-6-20-7-9-21(10-8-20)26-27-22-11-13-23(14-12-22)28-29-24-15-17-25(18-16-24)30-19-4-2;1-5-29(6-2)23-15-16-24(19(4)17-23)28-27-22-13-11-21(12-14-22)26-25-20-9-7-18(3)8-10-20/h8-21,24H,3-7,22-23H2,1-2H3;7-18H,2-6,19-20H2,1H3;7-18H,3-6,19H2,1-2H3;7-17H,5-6H2,1-4H3. The fourth-order valence-electron chi connectivity index (χ4n) is 13.9. The van der Waals surface area contributed by atoms with Gasteiger partial charge in [-0.3, -0.25) is 0 Å². The summed E-state index contributed by atoms with van der Waals surface area (Å²) >= 11 is 0. The average molecular weight is 1730 g/mol. The third-order valence-corrected chi connectivity index (χ3v) is 21.7. The third-order valence-electron chi connectivity index (χ3n) is 21.7. The van der Waals surface area contributed by atoms with E-state index < -0.39 is 0 Å². The maximum Gasteiger partial charge on any atom is 0.119 e. The Morgan fingerprint density at radius 2 is 0.485 bits per heavy atom. The first-order valence-electron chi connectivity index (χ1n) is 45.7. The lowest BCUT2D eigenvalue weighted by Gasteiger charge is -2.21. The first kappa shape index (κ1) is 94.6. The Kier molecular flexibility index (Phi) is 37.8. The van der Waals surface area contributed by atoms with Gasteiger partial charge in [-0.05, 0) is 388 Å². The molecular weight excluding hydrogens is 1610 g/mol. The normalized spacial score (nSPS) is 12.8. The summed E-state index contributed by atoms with van der Waals surface area (Å²) in [6, 6.07) is 99.3. The quantitative estimate of drug-likeness (QED) is 0.0352. The molecule has 0 aliphatic carbocycles. The molecule has 0 radical (unpaired) electrons. The molecule has 0 atom stereocenters. The highest BCUT2D eigenvalue weighted by molar-refractivity contribution is 5.61. The lowest BCUT2D eigenvalue weighted by Crippen LogP contribution is -2.21. The second-order valence-electron chi connectivity index (χ2n) is 31.9. The summed E-state index contributed by atoms with van der Waals surface area (Å²) in [5.41, 5.74) is 25.6. The lowest BCUT2D eigenvalue weighted by atomic mass is 10.1. The van der Waals surface area contributed by atoms with Crippen LogP contribution in [0.5, 0.6) is 5.75 Å². The molecule has 2 aliphatic rings. The number of nitrogens with zero attached hydrogens (tertiary/aromatic N) is 21. The summed E-state index contributed by atoms with van der Waals surface area (Å²) in [5, 5.41) is 78.1. The maximum absolute atomic E-state index is 5.57. The van der Waals surface area contributed by atoms with Gasteiger partial charge in [0.25, 0.3) is 0 Å². The molecule has 15 rings (SSSR count). The van der Waals surface area contributed by atoms with Crippen molar-refractivity contribution in [2.75, 3.05) is 60.6 Å². The van der Waals surface area contributed by atoms with Crippen molar-refractivity contribution in [2.45, 2.75) is 152 Å². The van der Waals surface area contributed by atoms with Crippen LogP contribution in [0.4, 0.5) is 119 Å². The lowest BCUT2D eigenvalue weighted by molar-refractivity contribution is 0.317. The van der Waals surface area contributed by atoms with Crippen molar-refractivity contribution in [2.24, 2.45) is 92.1 Å². The smallest absolute Gasteiger partial charge is 0.119 e. The Labute approximate surface area is 766 Å². The van der Waals surface area contributed by atoms with E-state index in [1.807, 2.05) is 237 Å². The van der Waals surface area contributed by atoms with E-state index in [0.29, 0.717) is 0 Å². The largest absolute Gasteiger partial charge is 0.494 e. The van der Waals surface area contributed by atoms with Gasteiger partial charge < -0.3 is 19.4 Å². The third kappa shape index (κ3) is 31.8. The molecule has 0 amide bonds. The number of ether oxygens (including phenoxy) is 1. The number of unbranched alkanes of at least 4 members (excludes halogenated alkanes) is 3. The Morgan fingerprint density at radius 1 is 0.246 bits per heavy atom. The molecule has 0 spiro atoms. The van der Waals surface area contributed by atoms with Crippen molar-refractivity contribution in [3.63, 3.8) is 0 Å². The van der Waals surface area contributed by atoms with Crippen molar-refractivity contribution in [3.05, 3.63) is 337 Å². The minimum Gasteiger partial charge on any atom is -0.494 e. The second-order valence-corrected chi connectivity index (χ2v) is 31.9. The van der Waals surface area contributed by atoms with Crippen LogP contribution in [0, 0.1) is 20.8 Å². The van der Waals surface area contributed by atoms with Crippen molar-refractivity contribution >= 4 is 119 Å². The predicted molar refractivity (Wildman–Crippen MR) is 534 cm³/mol. The topological polar surface area (TPSA) is 241 Å². The molecule has 22 nitrogen and oxygen atoms in total. The van der Waals surface area contributed by atoms with Crippen molar-refractivity contribution < 1.29 is 4.74 Å². The van der Waals surface area contributed by atoms with E-state index in [1.54, 1.807) is 0 Å². The van der Waals surface area contributed by atoms with Crippen LogP contribution in [0.15, 0.2) is 395 Å². The van der Waals surface area contributed by atoms with E-state index in [2.05, 4.69) is 235 Å². The SMILES string of the molecule is CCCCc1ccc(N=Nc2ccc(N=Nc3ccc(N4CCCC4)cc3)cc2)cc1.CCCCc1ccc(N=Nc2ccc(N=Nc3ccc(N=Nc4ccc(N5CCCC5)cc4)cc3C)cc2)cc1.CCCCc1ccc(N=Nc2ccc(N=Nc3ccc(OCCC)cc3)cc2)cc1.CCN(CC)c1ccc(N=Nc2ccc(N=Nc3ccc(C)cc3)cc2)c(C)c1. The van der Waals surface area contributed by atoms with Gasteiger partial charge in [0.05, 0.1) is 109 Å². The zero-order valence-electron chi connectivity index (χ0n) is 76.5. The van der Waals surface area contributed by atoms with E-state index >= 15 is 0 Å². The molecule has 2 heterocycles. The van der Waals surface area contributed by atoms with Gasteiger partial charge in [-0.25, -0.2) is 0 Å². The molecule has 0 saturated carbocycles. The van der Waals surface area contributed by atoms with Crippen LogP contribution in [0.25, 0.3) is 0 Å². The predicted octanol–water partition coefficient (Wildman–Crippen LogP) is 36.3. The summed E-state index contributed by atoms with van der Waals surface area (Å²) in [7, 11) is 0. The fourth-order valence-corrected chi connectivity index (χ4v) is 13.9. The second kappa shape index (κ2) is 51.9. The zero-order valence-corrected chi connectivity index (χ0v) is 76.5. The number of hydrogen-bond acceptors (Lipinski definition) is 22. The molecule has 13 aromatic carbocycles. The average Bonchev–Trinajstić information content (AvgIpc) is 1.33. The van der Waals surface area contributed by atoms with Crippen LogP contribution in [-0.4, -0.2) is 45.9 Å². The Balaban J connectivity index is 0.000000158. The number of azo groups is 9. The summed E-state index contributed by atoms with van der Waals surface area (Å²) in [6.45, 7) is 26.4. The van der Waals surface area contributed by atoms with Gasteiger partial charge in [-0.15, -0.1) is 0 Å². The van der Waals surface area contributed by atoms with Crippen LogP contribution in [0.2, 0.25) is 0 Å². The number of rotatable bonds is 35. The van der Waals surface area contributed by atoms with E-state index in [1.165, 1.54) is 104 Å². The van der Waals surface area contributed by atoms with E-state index in [4.69, 9.17) is 4.74 Å². The molecular formula is C108H119N21O.